The molecule has 4 heteroatoms. The zero-order chi connectivity index (χ0) is 14.3. The summed E-state index contributed by atoms with van der Waals surface area (Å²) in [7, 11) is 0. The van der Waals surface area contributed by atoms with Crippen LogP contribution < -0.4 is 0 Å². The van der Waals surface area contributed by atoms with E-state index in [4.69, 9.17) is 5.11 Å². The largest absolute Gasteiger partial charge is 0.481 e. The number of hydrogen-bond acceptors (Lipinski definition) is 3. The lowest BCUT2D eigenvalue weighted by atomic mass is 9.93. The minimum atomic E-state index is -0.784. The third-order valence-corrected chi connectivity index (χ3v) is 4.09. The van der Waals surface area contributed by atoms with Crippen LogP contribution in [0.25, 0.3) is 0 Å². The van der Waals surface area contributed by atoms with E-state index in [0.717, 1.165) is 23.3 Å². The Labute approximate surface area is 118 Å². The van der Waals surface area contributed by atoms with Crippen LogP contribution in [0.4, 0.5) is 0 Å². The number of ketones is 1. The zero-order valence-electron chi connectivity index (χ0n) is 11.4. The van der Waals surface area contributed by atoms with Gasteiger partial charge in [-0.25, -0.2) is 0 Å². The summed E-state index contributed by atoms with van der Waals surface area (Å²) in [5, 5.41) is 8.57. The Morgan fingerprint density at radius 2 is 1.74 bits per heavy atom. The van der Waals surface area contributed by atoms with Crippen LogP contribution in [0.5, 0.6) is 0 Å². The second-order valence-corrected chi connectivity index (χ2v) is 5.56. The smallest absolute Gasteiger partial charge is 0.304 e. The van der Waals surface area contributed by atoms with Gasteiger partial charge in [0.25, 0.3) is 0 Å². The first-order valence-electron chi connectivity index (χ1n) is 6.57. The molecule has 3 nitrogen and oxygen atoms in total. The van der Waals surface area contributed by atoms with E-state index in [1.807, 2.05) is 38.1 Å². The summed E-state index contributed by atoms with van der Waals surface area (Å²) in [6, 6.07) is 7.46. The normalized spacial score (nSPS) is 10.7. The minimum Gasteiger partial charge on any atom is -0.481 e. The van der Waals surface area contributed by atoms with Gasteiger partial charge < -0.3 is 5.11 Å². The van der Waals surface area contributed by atoms with Gasteiger partial charge in [-0.2, -0.15) is 0 Å². The van der Waals surface area contributed by atoms with Crippen molar-refractivity contribution < 1.29 is 14.7 Å². The molecule has 104 valence electrons. The van der Waals surface area contributed by atoms with E-state index >= 15 is 0 Å². The lowest BCUT2D eigenvalue weighted by Crippen LogP contribution is -2.12. The molecule has 0 spiro atoms. The number of carboxylic acids is 1. The molecule has 1 aromatic carbocycles. The maximum atomic E-state index is 12.1. The molecule has 0 radical (unpaired) electrons. The predicted molar refractivity (Wildman–Crippen MR) is 77.8 cm³/mol. The number of Topliss-reactive ketones (excluding diaryl/α,β-unsaturated/α-hetero) is 1. The fraction of sp³-hybridized carbons (Fsp3) is 0.467. The number of rotatable bonds is 8. The molecule has 19 heavy (non-hydrogen) atoms. The second-order valence-electron chi connectivity index (χ2n) is 4.39. The third-order valence-electron chi connectivity index (χ3n) is 3.08. The molecule has 0 saturated heterocycles. The van der Waals surface area contributed by atoms with Crippen LogP contribution in [-0.2, 0) is 4.79 Å². The molecule has 0 aromatic heterocycles. The van der Waals surface area contributed by atoms with Crippen LogP contribution in [0.3, 0.4) is 0 Å². The van der Waals surface area contributed by atoms with Gasteiger partial charge in [-0.15, -0.1) is 11.8 Å². The van der Waals surface area contributed by atoms with Crippen LogP contribution in [0, 0.1) is 5.92 Å². The number of carbonyl (C=O) groups excluding carboxylic acids is 1. The van der Waals surface area contributed by atoms with Gasteiger partial charge in [0.15, 0.2) is 5.78 Å². The molecule has 0 aliphatic rings. The maximum absolute atomic E-state index is 12.1. The summed E-state index contributed by atoms with van der Waals surface area (Å²) in [6.45, 7) is 4.06. The Hall–Kier alpha value is -1.29. The SMILES string of the molecule is CCC(CC)C(=O)c1ccc(SCCC(=O)O)cc1. The first kappa shape index (κ1) is 15.8. The average molecular weight is 280 g/mol. The molecule has 1 N–H and O–H groups in total. The second kappa shape index (κ2) is 8.00. The highest BCUT2D eigenvalue weighted by molar-refractivity contribution is 7.99. The van der Waals surface area contributed by atoms with Gasteiger partial charge in [0.2, 0.25) is 0 Å². The summed E-state index contributed by atoms with van der Waals surface area (Å²) in [4.78, 5) is 23.6. The molecule has 0 bridgehead atoms. The van der Waals surface area contributed by atoms with Crippen molar-refractivity contribution in [3.8, 4) is 0 Å². The van der Waals surface area contributed by atoms with Crippen LogP contribution in [0.1, 0.15) is 43.5 Å². The van der Waals surface area contributed by atoms with Crippen molar-refractivity contribution in [2.24, 2.45) is 5.92 Å². The van der Waals surface area contributed by atoms with Crippen molar-refractivity contribution in [1.82, 2.24) is 0 Å². The quantitative estimate of drug-likeness (QED) is 0.580. The Morgan fingerprint density at radius 1 is 1.16 bits per heavy atom. The fourth-order valence-corrected chi connectivity index (χ4v) is 2.71. The molecule has 0 saturated carbocycles. The van der Waals surface area contributed by atoms with Crippen LogP contribution in [0.2, 0.25) is 0 Å². The van der Waals surface area contributed by atoms with E-state index < -0.39 is 5.97 Å². The molecule has 0 amide bonds. The Balaban J connectivity index is 2.60. The maximum Gasteiger partial charge on any atom is 0.304 e. The van der Waals surface area contributed by atoms with Crippen molar-refractivity contribution >= 4 is 23.5 Å². The Bertz CT molecular complexity index is 422. The van der Waals surface area contributed by atoms with Gasteiger partial charge in [0.05, 0.1) is 6.42 Å². The van der Waals surface area contributed by atoms with E-state index in [1.165, 1.54) is 11.8 Å². The Kier molecular flexibility index (Phi) is 6.64. The van der Waals surface area contributed by atoms with Crippen molar-refractivity contribution in [3.63, 3.8) is 0 Å². The highest BCUT2D eigenvalue weighted by Crippen LogP contribution is 2.21. The summed E-state index contributed by atoms with van der Waals surface area (Å²) in [5.74, 6) is 0.0699. The van der Waals surface area contributed by atoms with E-state index in [0.29, 0.717) is 5.75 Å². The summed E-state index contributed by atoms with van der Waals surface area (Å²) < 4.78 is 0. The number of carbonyl (C=O) groups is 2. The molecule has 1 rings (SSSR count). The fourth-order valence-electron chi connectivity index (χ4n) is 1.87. The number of hydrogen-bond donors (Lipinski definition) is 1. The standard InChI is InChI=1S/C15H20O3S/c1-3-11(4-2)15(18)12-5-7-13(8-6-12)19-10-9-14(16)17/h5-8,11H,3-4,9-10H2,1-2H3,(H,16,17). The minimum absolute atomic E-state index is 0.102. The van der Waals surface area contributed by atoms with Gasteiger partial charge in [-0.3, -0.25) is 9.59 Å². The van der Waals surface area contributed by atoms with Crippen molar-refractivity contribution in [1.29, 1.82) is 0 Å². The molecule has 0 unspecified atom stereocenters. The average Bonchev–Trinajstić information content (AvgIpc) is 2.40. The van der Waals surface area contributed by atoms with Gasteiger partial charge in [-0.05, 0) is 25.0 Å². The molecule has 0 heterocycles. The van der Waals surface area contributed by atoms with Gasteiger partial charge >= 0.3 is 5.97 Å². The number of thioether (sulfide) groups is 1. The molecule has 0 fully saturated rings. The van der Waals surface area contributed by atoms with Crippen LogP contribution in [-0.4, -0.2) is 22.6 Å². The Morgan fingerprint density at radius 3 is 2.21 bits per heavy atom. The molecule has 0 aliphatic carbocycles. The topological polar surface area (TPSA) is 54.4 Å². The van der Waals surface area contributed by atoms with E-state index in [9.17, 15) is 9.59 Å². The van der Waals surface area contributed by atoms with Gasteiger partial charge in [-0.1, -0.05) is 26.0 Å². The van der Waals surface area contributed by atoms with Gasteiger partial charge in [0, 0.05) is 22.1 Å². The van der Waals surface area contributed by atoms with Crippen molar-refractivity contribution in [2.45, 2.75) is 38.0 Å². The van der Waals surface area contributed by atoms with E-state index in [1.54, 1.807) is 0 Å². The first-order chi connectivity index (χ1) is 9.08. The number of carboxylic acid groups (broad SMARTS) is 1. The van der Waals surface area contributed by atoms with E-state index in [2.05, 4.69) is 0 Å². The molecular formula is C15H20O3S. The number of benzene rings is 1. The first-order valence-corrected chi connectivity index (χ1v) is 7.55. The van der Waals surface area contributed by atoms with Crippen molar-refractivity contribution in [2.75, 3.05) is 5.75 Å². The lowest BCUT2D eigenvalue weighted by molar-refractivity contribution is -0.136. The zero-order valence-corrected chi connectivity index (χ0v) is 12.2. The van der Waals surface area contributed by atoms with Crippen molar-refractivity contribution in [3.05, 3.63) is 29.8 Å². The lowest BCUT2D eigenvalue weighted by Gasteiger charge is -2.11. The summed E-state index contributed by atoms with van der Waals surface area (Å²) in [5.41, 5.74) is 0.747. The molecule has 0 aliphatic heterocycles. The highest BCUT2D eigenvalue weighted by Gasteiger charge is 2.15. The number of aliphatic carboxylic acids is 1. The molecular weight excluding hydrogens is 260 g/mol. The van der Waals surface area contributed by atoms with E-state index in [-0.39, 0.29) is 18.1 Å². The molecule has 1 aromatic rings. The molecule has 0 atom stereocenters. The predicted octanol–water partition coefficient (Wildman–Crippen LogP) is 3.87. The van der Waals surface area contributed by atoms with Gasteiger partial charge in [0.1, 0.15) is 0 Å². The third kappa shape index (κ3) is 5.07. The summed E-state index contributed by atoms with van der Waals surface area (Å²) >= 11 is 1.50. The monoisotopic (exact) mass is 280 g/mol. The van der Waals surface area contributed by atoms with Crippen LogP contribution >= 0.6 is 11.8 Å². The van der Waals surface area contributed by atoms with Crippen LogP contribution in [0.15, 0.2) is 29.2 Å². The summed E-state index contributed by atoms with van der Waals surface area (Å²) in [6.07, 6.45) is 1.88. The highest BCUT2D eigenvalue weighted by atomic mass is 32.2.